The minimum absolute atomic E-state index is 0.0682. The third kappa shape index (κ3) is 8.15. The summed E-state index contributed by atoms with van der Waals surface area (Å²) in [5.74, 6) is 0.0682. The molecule has 1 N–H and O–H groups in total. The molecule has 1 aromatic heterocycles. The van der Waals surface area contributed by atoms with Gasteiger partial charge in [0.25, 0.3) is 0 Å². The van der Waals surface area contributed by atoms with Gasteiger partial charge in [-0.15, -0.1) is 11.3 Å². The van der Waals surface area contributed by atoms with Crippen LogP contribution in [0.3, 0.4) is 0 Å². The number of rotatable bonds is 5. The summed E-state index contributed by atoms with van der Waals surface area (Å²) in [5.41, 5.74) is 2.21. The first-order valence-electron chi connectivity index (χ1n) is 11.0. The van der Waals surface area contributed by atoms with Gasteiger partial charge in [0.15, 0.2) is 5.13 Å². The molecule has 1 heterocycles. The molecule has 0 bridgehead atoms. The number of aromatic nitrogens is 1. The molecule has 5 heteroatoms. The number of hydrogen-bond acceptors (Lipinski definition) is 4. The van der Waals surface area contributed by atoms with Gasteiger partial charge in [-0.05, 0) is 37.1 Å². The van der Waals surface area contributed by atoms with Crippen molar-refractivity contribution in [3.05, 3.63) is 83.4 Å². The van der Waals surface area contributed by atoms with Crippen molar-refractivity contribution in [1.29, 1.82) is 0 Å². The second kappa shape index (κ2) is 14.8. The zero-order valence-corrected chi connectivity index (χ0v) is 21.2. The lowest BCUT2D eigenvalue weighted by Gasteiger charge is -2.14. The van der Waals surface area contributed by atoms with Gasteiger partial charge in [-0.3, -0.25) is 4.79 Å². The Morgan fingerprint density at radius 2 is 1.55 bits per heavy atom. The Hall–Kier alpha value is -2.11. The molecule has 1 aliphatic carbocycles. The van der Waals surface area contributed by atoms with E-state index in [1.807, 2.05) is 75.2 Å². The SMILES string of the molecule is CC.CC.CSC(C)c1ccccc1.O=C(Nc1nccs1)C1(c2ccccc2)CC1. The van der Waals surface area contributed by atoms with Crippen molar-refractivity contribution < 1.29 is 4.79 Å². The van der Waals surface area contributed by atoms with Gasteiger partial charge in [-0.1, -0.05) is 88.4 Å². The fraction of sp³-hybridized carbons (Fsp3) is 0.385. The molecule has 0 aliphatic heterocycles. The van der Waals surface area contributed by atoms with E-state index in [9.17, 15) is 4.79 Å². The average molecular weight is 457 g/mol. The third-order valence-electron chi connectivity index (χ3n) is 4.79. The molecule has 1 amide bonds. The minimum atomic E-state index is -0.313. The Kier molecular flexibility index (Phi) is 12.9. The molecule has 31 heavy (non-hydrogen) atoms. The normalized spacial score (nSPS) is 13.6. The first-order valence-corrected chi connectivity index (χ1v) is 13.2. The molecule has 168 valence electrons. The Labute approximate surface area is 196 Å². The summed E-state index contributed by atoms with van der Waals surface area (Å²) >= 11 is 3.33. The second-order valence-electron chi connectivity index (χ2n) is 6.53. The molecule has 0 radical (unpaired) electrons. The van der Waals surface area contributed by atoms with Crippen molar-refractivity contribution in [2.45, 2.75) is 58.1 Å². The van der Waals surface area contributed by atoms with Gasteiger partial charge in [0.1, 0.15) is 0 Å². The second-order valence-corrected chi connectivity index (χ2v) is 8.60. The van der Waals surface area contributed by atoms with Crippen LogP contribution < -0.4 is 5.32 Å². The Balaban J connectivity index is 0.000000295. The highest BCUT2D eigenvalue weighted by molar-refractivity contribution is 7.98. The quantitative estimate of drug-likeness (QED) is 0.423. The van der Waals surface area contributed by atoms with Crippen LogP contribution in [0.1, 0.15) is 63.8 Å². The van der Waals surface area contributed by atoms with Crippen LogP contribution in [0.25, 0.3) is 0 Å². The molecule has 1 unspecified atom stereocenters. The van der Waals surface area contributed by atoms with E-state index in [0.29, 0.717) is 10.4 Å². The molecule has 2 aromatic carbocycles. The van der Waals surface area contributed by atoms with Crippen molar-refractivity contribution >= 4 is 34.1 Å². The molecule has 3 nitrogen and oxygen atoms in total. The Morgan fingerprint density at radius 1 is 1.00 bits per heavy atom. The summed E-state index contributed by atoms with van der Waals surface area (Å²) in [7, 11) is 0. The van der Waals surface area contributed by atoms with Gasteiger partial charge in [-0.2, -0.15) is 11.8 Å². The zero-order chi connectivity index (χ0) is 23.1. The fourth-order valence-corrected chi connectivity index (χ4v) is 3.84. The maximum Gasteiger partial charge on any atom is 0.236 e. The van der Waals surface area contributed by atoms with Crippen molar-refractivity contribution in [3.8, 4) is 0 Å². The fourth-order valence-electron chi connectivity index (χ4n) is 2.89. The van der Waals surface area contributed by atoms with Crippen LogP contribution in [0.4, 0.5) is 5.13 Å². The van der Waals surface area contributed by atoms with Crippen LogP contribution in [-0.4, -0.2) is 17.1 Å². The van der Waals surface area contributed by atoms with E-state index in [1.165, 1.54) is 16.9 Å². The number of carbonyl (C=O) groups excluding carboxylic acids is 1. The van der Waals surface area contributed by atoms with E-state index in [2.05, 4.69) is 53.8 Å². The van der Waals surface area contributed by atoms with Gasteiger partial charge in [0.05, 0.1) is 5.41 Å². The standard InChI is InChI=1S/C13H12N2OS.C9H12S.2C2H6/c16-11(15-12-14-8-9-17-12)13(6-7-13)10-4-2-1-3-5-10;1-8(10-2)9-6-4-3-5-7-9;2*1-2/h1-5,8-9H,6-7H2,(H,14,15,16);3-8H,1-2H3;2*1-2H3. The Bertz CT molecular complexity index is 832. The first-order chi connectivity index (χ1) is 15.2. The van der Waals surface area contributed by atoms with Crippen LogP contribution in [0.15, 0.2) is 72.2 Å². The summed E-state index contributed by atoms with van der Waals surface area (Å²) in [6.07, 6.45) is 5.68. The van der Waals surface area contributed by atoms with Crippen molar-refractivity contribution in [2.24, 2.45) is 0 Å². The summed E-state index contributed by atoms with van der Waals surface area (Å²) in [6, 6.07) is 20.5. The van der Waals surface area contributed by atoms with Gasteiger partial charge in [0, 0.05) is 16.8 Å². The lowest BCUT2D eigenvalue weighted by Crippen LogP contribution is -2.27. The zero-order valence-electron chi connectivity index (χ0n) is 19.6. The third-order valence-corrected chi connectivity index (χ3v) is 6.45. The average Bonchev–Trinajstić information content (AvgIpc) is 3.53. The van der Waals surface area contributed by atoms with Crippen molar-refractivity contribution in [1.82, 2.24) is 4.98 Å². The van der Waals surface area contributed by atoms with Crippen LogP contribution in [0, 0.1) is 0 Å². The number of carbonyl (C=O) groups is 1. The summed E-state index contributed by atoms with van der Waals surface area (Å²) in [6.45, 7) is 10.2. The van der Waals surface area contributed by atoms with E-state index < -0.39 is 0 Å². The highest BCUT2D eigenvalue weighted by Crippen LogP contribution is 2.48. The molecule has 0 spiro atoms. The van der Waals surface area contributed by atoms with Crippen molar-refractivity contribution in [2.75, 3.05) is 11.6 Å². The predicted octanol–water partition coefficient (Wildman–Crippen LogP) is 7.98. The molecule has 1 aliphatic rings. The number of nitrogens with zero attached hydrogens (tertiary/aromatic N) is 1. The number of nitrogens with one attached hydrogen (secondary N) is 1. The van der Waals surface area contributed by atoms with Crippen LogP contribution in [0.5, 0.6) is 0 Å². The largest absolute Gasteiger partial charge is 0.301 e. The molecule has 3 aromatic rings. The number of anilines is 1. The first kappa shape index (κ1) is 26.9. The number of benzene rings is 2. The molecule has 1 saturated carbocycles. The van der Waals surface area contributed by atoms with E-state index in [0.717, 1.165) is 18.4 Å². The monoisotopic (exact) mass is 456 g/mol. The topological polar surface area (TPSA) is 42.0 Å². The lowest BCUT2D eigenvalue weighted by atomic mass is 9.95. The van der Waals surface area contributed by atoms with Crippen molar-refractivity contribution in [3.63, 3.8) is 0 Å². The molecule has 1 atom stereocenters. The van der Waals surface area contributed by atoms with E-state index in [1.54, 1.807) is 6.20 Å². The molecular formula is C26H36N2OS2. The highest BCUT2D eigenvalue weighted by Gasteiger charge is 2.51. The highest BCUT2D eigenvalue weighted by atomic mass is 32.2. The van der Waals surface area contributed by atoms with E-state index >= 15 is 0 Å². The van der Waals surface area contributed by atoms with Crippen LogP contribution in [0.2, 0.25) is 0 Å². The Morgan fingerprint density at radius 3 is 2.00 bits per heavy atom. The lowest BCUT2D eigenvalue weighted by molar-refractivity contribution is -0.118. The predicted molar refractivity (Wildman–Crippen MR) is 139 cm³/mol. The van der Waals surface area contributed by atoms with Gasteiger partial charge < -0.3 is 5.32 Å². The molecule has 0 saturated heterocycles. The summed E-state index contributed by atoms with van der Waals surface area (Å²) in [4.78, 5) is 16.3. The van der Waals surface area contributed by atoms with E-state index in [-0.39, 0.29) is 11.3 Å². The van der Waals surface area contributed by atoms with Gasteiger partial charge in [-0.25, -0.2) is 4.98 Å². The smallest absolute Gasteiger partial charge is 0.236 e. The summed E-state index contributed by atoms with van der Waals surface area (Å²) in [5, 5.41) is 6.05. The number of hydrogen-bond donors (Lipinski definition) is 1. The number of amides is 1. The molecule has 1 fully saturated rings. The van der Waals surface area contributed by atoms with Crippen LogP contribution >= 0.6 is 23.1 Å². The summed E-state index contributed by atoms with van der Waals surface area (Å²) < 4.78 is 0. The number of thioether (sulfide) groups is 1. The van der Waals surface area contributed by atoms with E-state index in [4.69, 9.17) is 0 Å². The minimum Gasteiger partial charge on any atom is -0.301 e. The van der Waals surface area contributed by atoms with Gasteiger partial charge >= 0.3 is 0 Å². The number of thiazole rings is 1. The maximum absolute atomic E-state index is 12.3. The molecular weight excluding hydrogens is 420 g/mol. The van der Waals surface area contributed by atoms with Gasteiger partial charge in [0.2, 0.25) is 5.91 Å². The molecule has 4 rings (SSSR count). The van der Waals surface area contributed by atoms with Crippen LogP contribution in [-0.2, 0) is 10.2 Å². The maximum atomic E-state index is 12.3.